The third-order valence-corrected chi connectivity index (χ3v) is 5.38. The molecule has 0 bridgehead atoms. The van der Waals surface area contributed by atoms with Gasteiger partial charge in [-0.05, 0) is 54.7 Å². The molecular formula is C19H20ClNOS. The van der Waals surface area contributed by atoms with E-state index in [0.29, 0.717) is 6.42 Å². The fourth-order valence-electron chi connectivity index (χ4n) is 2.96. The van der Waals surface area contributed by atoms with Crippen molar-refractivity contribution in [2.45, 2.75) is 36.6 Å². The van der Waals surface area contributed by atoms with Crippen molar-refractivity contribution in [1.29, 1.82) is 0 Å². The normalized spacial score (nSPS) is 16.7. The first kappa shape index (κ1) is 16.4. The van der Waals surface area contributed by atoms with Crippen molar-refractivity contribution in [1.82, 2.24) is 5.32 Å². The summed E-state index contributed by atoms with van der Waals surface area (Å²) in [6, 6.07) is 16.3. The third-order valence-electron chi connectivity index (χ3n) is 4.12. The van der Waals surface area contributed by atoms with Gasteiger partial charge in [-0.2, -0.15) is 0 Å². The number of rotatable bonds is 5. The maximum absolute atomic E-state index is 12.2. The van der Waals surface area contributed by atoms with Crippen molar-refractivity contribution in [3.05, 3.63) is 64.7 Å². The van der Waals surface area contributed by atoms with Crippen LogP contribution in [0.5, 0.6) is 0 Å². The Morgan fingerprint density at radius 1 is 1.17 bits per heavy atom. The van der Waals surface area contributed by atoms with Crippen LogP contribution in [0.25, 0.3) is 0 Å². The van der Waals surface area contributed by atoms with Gasteiger partial charge in [-0.15, -0.1) is 11.8 Å². The van der Waals surface area contributed by atoms with Gasteiger partial charge in [0.2, 0.25) is 5.91 Å². The number of halogens is 1. The Morgan fingerprint density at radius 2 is 1.96 bits per heavy atom. The maximum Gasteiger partial charge on any atom is 0.221 e. The topological polar surface area (TPSA) is 29.1 Å². The van der Waals surface area contributed by atoms with Crippen LogP contribution in [-0.4, -0.2) is 11.7 Å². The summed E-state index contributed by atoms with van der Waals surface area (Å²) >= 11 is 7.56. The molecule has 0 radical (unpaired) electrons. The van der Waals surface area contributed by atoms with Crippen molar-refractivity contribution in [3.63, 3.8) is 0 Å². The van der Waals surface area contributed by atoms with Crippen LogP contribution < -0.4 is 5.32 Å². The molecule has 0 saturated carbocycles. The lowest BCUT2D eigenvalue weighted by Gasteiger charge is -2.26. The van der Waals surface area contributed by atoms with Crippen molar-refractivity contribution in [2.24, 2.45) is 0 Å². The average Bonchev–Trinajstić information content (AvgIpc) is 2.57. The van der Waals surface area contributed by atoms with Crippen LogP contribution in [0.15, 0.2) is 53.4 Å². The molecule has 23 heavy (non-hydrogen) atoms. The van der Waals surface area contributed by atoms with Crippen LogP contribution in [0.4, 0.5) is 0 Å². The Bertz CT molecular complexity index is 671. The standard InChI is InChI=1S/C19H20ClNOS/c20-15-8-10-16(11-9-15)23-13-12-19(22)21-18-7-3-5-14-4-1-2-6-17(14)18/h1-2,4,6,8-11,18H,3,5,7,12-13H2,(H,21,22)/t18-/m1/s1. The van der Waals surface area contributed by atoms with E-state index in [9.17, 15) is 4.79 Å². The molecule has 4 heteroatoms. The Balaban J connectivity index is 1.49. The zero-order chi connectivity index (χ0) is 16.1. The van der Waals surface area contributed by atoms with E-state index in [1.54, 1.807) is 11.8 Å². The predicted octanol–water partition coefficient (Wildman–Crippen LogP) is 5.02. The first-order chi connectivity index (χ1) is 11.2. The number of hydrogen-bond donors (Lipinski definition) is 1. The Kier molecular flexibility index (Phi) is 5.63. The summed E-state index contributed by atoms with van der Waals surface area (Å²) < 4.78 is 0. The molecule has 0 unspecified atom stereocenters. The van der Waals surface area contributed by atoms with E-state index in [-0.39, 0.29) is 11.9 Å². The highest BCUT2D eigenvalue weighted by molar-refractivity contribution is 7.99. The van der Waals surface area contributed by atoms with Crippen LogP contribution in [0.1, 0.15) is 36.4 Å². The molecule has 2 nitrogen and oxygen atoms in total. The van der Waals surface area contributed by atoms with E-state index in [0.717, 1.165) is 34.9 Å². The number of carbonyl (C=O) groups excluding carboxylic acids is 1. The van der Waals surface area contributed by atoms with Gasteiger partial charge in [0.05, 0.1) is 6.04 Å². The molecule has 1 aliphatic carbocycles. The van der Waals surface area contributed by atoms with E-state index in [4.69, 9.17) is 11.6 Å². The Morgan fingerprint density at radius 3 is 2.78 bits per heavy atom. The lowest BCUT2D eigenvalue weighted by molar-refractivity contribution is -0.121. The summed E-state index contributed by atoms with van der Waals surface area (Å²) in [4.78, 5) is 13.4. The van der Waals surface area contributed by atoms with E-state index >= 15 is 0 Å². The second kappa shape index (κ2) is 7.89. The van der Waals surface area contributed by atoms with Gasteiger partial charge in [0, 0.05) is 22.1 Å². The van der Waals surface area contributed by atoms with Crippen molar-refractivity contribution in [2.75, 3.05) is 5.75 Å². The van der Waals surface area contributed by atoms with Crippen molar-refractivity contribution in [3.8, 4) is 0 Å². The third kappa shape index (κ3) is 4.52. The second-order valence-corrected chi connectivity index (χ2v) is 7.37. The van der Waals surface area contributed by atoms with Crippen LogP contribution in [0.3, 0.4) is 0 Å². The molecule has 0 fully saturated rings. The molecule has 2 aromatic carbocycles. The summed E-state index contributed by atoms with van der Waals surface area (Å²) in [5, 5.41) is 3.94. The Labute approximate surface area is 146 Å². The van der Waals surface area contributed by atoms with Gasteiger partial charge in [0.15, 0.2) is 0 Å². The highest BCUT2D eigenvalue weighted by Crippen LogP contribution is 2.29. The fourth-order valence-corrected chi connectivity index (χ4v) is 3.94. The maximum atomic E-state index is 12.2. The van der Waals surface area contributed by atoms with Gasteiger partial charge in [-0.25, -0.2) is 0 Å². The summed E-state index contributed by atoms with van der Waals surface area (Å²) in [7, 11) is 0. The summed E-state index contributed by atoms with van der Waals surface area (Å²) in [5.41, 5.74) is 2.66. The molecule has 1 aliphatic rings. The van der Waals surface area contributed by atoms with Gasteiger partial charge in [-0.3, -0.25) is 4.79 Å². The molecule has 120 valence electrons. The summed E-state index contributed by atoms with van der Waals surface area (Å²) in [6.07, 6.45) is 3.83. The number of benzene rings is 2. The highest BCUT2D eigenvalue weighted by Gasteiger charge is 2.20. The monoisotopic (exact) mass is 345 g/mol. The number of aryl methyl sites for hydroxylation is 1. The lowest BCUT2D eigenvalue weighted by Crippen LogP contribution is -2.31. The number of amides is 1. The molecule has 1 N–H and O–H groups in total. The second-order valence-electron chi connectivity index (χ2n) is 5.76. The molecular weight excluding hydrogens is 326 g/mol. The van der Waals surface area contributed by atoms with E-state index in [1.807, 2.05) is 24.3 Å². The molecule has 0 spiro atoms. The van der Waals surface area contributed by atoms with Gasteiger partial charge in [-0.1, -0.05) is 35.9 Å². The number of nitrogens with one attached hydrogen (secondary N) is 1. The van der Waals surface area contributed by atoms with Crippen LogP contribution in [-0.2, 0) is 11.2 Å². The zero-order valence-corrected chi connectivity index (χ0v) is 14.5. The lowest BCUT2D eigenvalue weighted by atomic mass is 9.88. The number of fused-ring (bicyclic) bond motifs is 1. The van der Waals surface area contributed by atoms with Crippen molar-refractivity contribution >= 4 is 29.3 Å². The fraction of sp³-hybridized carbons (Fsp3) is 0.316. The molecule has 0 heterocycles. The number of thioether (sulfide) groups is 1. The summed E-state index contributed by atoms with van der Waals surface area (Å²) in [6.45, 7) is 0. The van der Waals surface area contributed by atoms with Gasteiger partial charge in [0.25, 0.3) is 0 Å². The Hall–Kier alpha value is -1.45. The van der Waals surface area contributed by atoms with E-state index in [2.05, 4.69) is 29.6 Å². The summed E-state index contributed by atoms with van der Waals surface area (Å²) in [5.74, 6) is 0.912. The SMILES string of the molecule is O=C(CCSc1ccc(Cl)cc1)N[C@@H]1CCCc2ccccc21. The molecule has 3 rings (SSSR count). The van der Waals surface area contributed by atoms with E-state index < -0.39 is 0 Å². The molecule has 2 aromatic rings. The van der Waals surface area contributed by atoms with Gasteiger partial charge < -0.3 is 5.32 Å². The molecule has 0 saturated heterocycles. The van der Waals surface area contributed by atoms with E-state index in [1.165, 1.54) is 11.1 Å². The highest BCUT2D eigenvalue weighted by atomic mass is 35.5. The average molecular weight is 346 g/mol. The smallest absolute Gasteiger partial charge is 0.221 e. The van der Waals surface area contributed by atoms with Crippen molar-refractivity contribution < 1.29 is 4.79 Å². The predicted molar refractivity (Wildman–Crippen MR) is 97.1 cm³/mol. The van der Waals surface area contributed by atoms with Crippen LogP contribution in [0.2, 0.25) is 5.02 Å². The van der Waals surface area contributed by atoms with Gasteiger partial charge >= 0.3 is 0 Å². The number of hydrogen-bond acceptors (Lipinski definition) is 2. The minimum Gasteiger partial charge on any atom is -0.349 e. The van der Waals surface area contributed by atoms with Crippen LogP contribution in [0, 0.1) is 0 Å². The zero-order valence-electron chi connectivity index (χ0n) is 12.9. The van der Waals surface area contributed by atoms with Gasteiger partial charge in [0.1, 0.15) is 0 Å². The largest absolute Gasteiger partial charge is 0.349 e. The first-order valence-electron chi connectivity index (χ1n) is 7.98. The molecule has 0 aromatic heterocycles. The first-order valence-corrected chi connectivity index (χ1v) is 9.34. The number of carbonyl (C=O) groups is 1. The molecule has 0 aliphatic heterocycles. The quantitative estimate of drug-likeness (QED) is 0.771. The minimum atomic E-state index is 0.133. The van der Waals surface area contributed by atoms with Crippen LogP contribution >= 0.6 is 23.4 Å². The minimum absolute atomic E-state index is 0.133. The molecule has 1 atom stereocenters. The molecule has 1 amide bonds.